The maximum absolute atomic E-state index is 13.8. The zero-order valence-corrected chi connectivity index (χ0v) is 29.2. The summed E-state index contributed by atoms with van der Waals surface area (Å²) in [5.41, 5.74) is 2.63. The van der Waals surface area contributed by atoms with Crippen LogP contribution in [0, 0.1) is 10.1 Å². The van der Waals surface area contributed by atoms with Gasteiger partial charge >= 0.3 is 5.69 Å². The molecule has 0 spiro atoms. The molecule has 2 N–H and O–H groups in total. The van der Waals surface area contributed by atoms with Crippen LogP contribution in [0.5, 0.6) is 23.0 Å². The van der Waals surface area contributed by atoms with E-state index >= 15 is 0 Å². The number of anilines is 1. The van der Waals surface area contributed by atoms with Crippen molar-refractivity contribution in [2.75, 3.05) is 5.32 Å². The summed E-state index contributed by atoms with van der Waals surface area (Å²) in [7, 11) is 0. The number of phenols is 1. The second-order valence-corrected chi connectivity index (χ2v) is 14.4. The minimum Gasteiger partial charge on any atom is -0.502 e. The van der Waals surface area contributed by atoms with Crippen LogP contribution in [0.1, 0.15) is 118 Å². The number of benzene rings is 3. The summed E-state index contributed by atoms with van der Waals surface area (Å²) in [5, 5.41) is 25.4. The van der Waals surface area contributed by atoms with E-state index in [1.165, 1.54) is 11.6 Å². The van der Waals surface area contributed by atoms with Crippen LogP contribution in [-0.2, 0) is 21.0 Å². The Bertz CT molecular complexity index is 1520. The third-order valence-electron chi connectivity index (χ3n) is 9.09. The molecule has 46 heavy (non-hydrogen) atoms. The van der Waals surface area contributed by atoms with Crippen molar-refractivity contribution < 1.29 is 24.3 Å². The molecule has 0 radical (unpaired) electrons. The van der Waals surface area contributed by atoms with Crippen molar-refractivity contribution in [2.45, 2.75) is 124 Å². The van der Waals surface area contributed by atoms with Gasteiger partial charge in [0.15, 0.2) is 6.10 Å². The minimum absolute atomic E-state index is 0.0115. The molecule has 3 aromatic carbocycles. The molecule has 3 rings (SSSR count). The lowest BCUT2D eigenvalue weighted by atomic mass is 9.76. The van der Waals surface area contributed by atoms with Crippen molar-refractivity contribution in [1.29, 1.82) is 0 Å². The number of aromatic hydroxyl groups is 1. The van der Waals surface area contributed by atoms with Crippen LogP contribution in [0.4, 0.5) is 11.4 Å². The van der Waals surface area contributed by atoms with Crippen LogP contribution in [0.2, 0.25) is 0 Å². The lowest BCUT2D eigenvalue weighted by Crippen LogP contribution is -2.34. The molecule has 0 fully saturated rings. The molecule has 0 aliphatic carbocycles. The van der Waals surface area contributed by atoms with Crippen molar-refractivity contribution >= 4 is 17.3 Å². The highest BCUT2D eigenvalue weighted by Gasteiger charge is 2.30. The number of nitro groups is 1. The van der Waals surface area contributed by atoms with Gasteiger partial charge in [-0.1, -0.05) is 99.9 Å². The molecular formula is C38H52N2O6. The van der Waals surface area contributed by atoms with Crippen LogP contribution >= 0.6 is 0 Å². The zero-order chi connectivity index (χ0) is 34.4. The number of rotatable bonds is 14. The highest BCUT2D eigenvalue weighted by atomic mass is 16.6. The molecule has 0 saturated heterocycles. The lowest BCUT2D eigenvalue weighted by molar-refractivity contribution is -0.386. The number of amides is 1. The fraction of sp³-hybridized carbons (Fsp3) is 0.500. The summed E-state index contributed by atoms with van der Waals surface area (Å²) < 4.78 is 12.4. The number of nitro benzene ring substituents is 1. The number of phenolic OH excluding ortho intramolecular Hbond substituents is 1. The van der Waals surface area contributed by atoms with Crippen molar-refractivity contribution in [1.82, 2.24) is 0 Å². The van der Waals surface area contributed by atoms with Crippen molar-refractivity contribution in [2.24, 2.45) is 0 Å². The number of carbonyl (C=O) groups is 1. The van der Waals surface area contributed by atoms with Gasteiger partial charge in [0.25, 0.3) is 5.91 Å². The first-order valence-corrected chi connectivity index (χ1v) is 16.4. The third kappa shape index (κ3) is 8.80. The summed E-state index contributed by atoms with van der Waals surface area (Å²) in [5.74, 6) is -0.190. The van der Waals surface area contributed by atoms with Crippen LogP contribution < -0.4 is 14.8 Å². The van der Waals surface area contributed by atoms with E-state index in [-0.39, 0.29) is 27.7 Å². The SMILES string of the molecule is CCCCC(Oc1ccc(C(C)(C)CC)cc1C(C)(C)CC)C(=O)Nc1cc(O)c([N+](=O)[O-])c(Oc2ccc(C(C)(C)C)cc2)c1. The fourth-order valence-corrected chi connectivity index (χ4v) is 5.06. The first-order chi connectivity index (χ1) is 21.4. The first-order valence-electron chi connectivity index (χ1n) is 16.4. The van der Waals surface area contributed by atoms with E-state index in [4.69, 9.17) is 9.47 Å². The van der Waals surface area contributed by atoms with Gasteiger partial charge in [0.05, 0.1) is 4.92 Å². The molecule has 0 aromatic heterocycles. The zero-order valence-electron chi connectivity index (χ0n) is 29.2. The highest BCUT2D eigenvalue weighted by molar-refractivity contribution is 5.95. The number of hydrogen-bond acceptors (Lipinski definition) is 6. The summed E-state index contributed by atoms with van der Waals surface area (Å²) >= 11 is 0. The molecule has 250 valence electrons. The summed E-state index contributed by atoms with van der Waals surface area (Å²) in [6, 6.07) is 16.0. The number of ether oxygens (including phenoxy) is 2. The summed E-state index contributed by atoms with van der Waals surface area (Å²) in [6.07, 6.45) is 3.14. The maximum Gasteiger partial charge on any atom is 0.352 e. The quantitative estimate of drug-likeness (QED) is 0.135. The van der Waals surface area contributed by atoms with Crippen LogP contribution in [0.15, 0.2) is 54.6 Å². The topological polar surface area (TPSA) is 111 Å². The normalized spacial score (nSPS) is 12.8. The Kier molecular flexibility index (Phi) is 11.5. The van der Waals surface area contributed by atoms with Crippen molar-refractivity contribution in [3.8, 4) is 23.0 Å². The van der Waals surface area contributed by atoms with Crippen molar-refractivity contribution in [3.63, 3.8) is 0 Å². The number of hydrogen-bond donors (Lipinski definition) is 2. The maximum atomic E-state index is 13.8. The molecule has 1 unspecified atom stereocenters. The van der Waals surface area contributed by atoms with Gasteiger partial charge in [-0.05, 0) is 71.3 Å². The van der Waals surface area contributed by atoms with Gasteiger partial charge in [0.2, 0.25) is 11.5 Å². The lowest BCUT2D eigenvalue weighted by Gasteiger charge is -2.31. The number of nitrogens with one attached hydrogen (secondary N) is 1. The smallest absolute Gasteiger partial charge is 0.352 e. The van der Waals surface area contributed by atoms with Gasteiger partial charge in [-0.3, -0.25) is 14.9 Å². The van der Waals surface area contributed by atoms with Gasteiger partial charge in [0.1, 0.15) is 11.5 Å². The van der Waals surface area contributed by atoms with Crippen LogP contribution in [0.25, 0.3) is 0 Å². The molecule has 0 aliphatic heterocycles. The Balaban J connectivity index is 1.97. The Hall–Kier alpha value is -4.07. The van der Waals surface area contributed by atoms with E-state index in [0.29, 0.717) is 17.9 Å². The second-order valence-electron chi connectivity index (χ2n) is 14.4. The Morgan fingerprint density at radius 3 is 2.02 bits per heavy atom. The molecule has 0 bridgehead atoms. The van der Waals surface area contributed by atoms with E-state index in [9.17, 15) is 20.0 Å². The predicted molar refractivity (Wildman–Crippen MR) is 186 cm³/mol. The van der Waals surface area contributed by atoms with E-state index in [2.05, 4.69) is 79.8 Å². The monoisotopic (exact) mass is 632 g/mol. The number of nitrogens with zero attached hydrogens (tertiary/aromatic N) is 1. The second kappa shape index (κ2) is 14.6. The van der Waals surface area contributed by atoms with E-state index in [1.807, 2.05) is 25.1 Å². The number of carbonyl (C=O) groups excluding carboxylic acids is 1. The van der Waals surface area contributed by atoms with Crippen LogP contribution in [-0.4, -0.2) is 22.0 Å². The molecule has 3 aromatic rings. The Morgan fingerprint density at radius 2 is 1.48 bits per heavy atom. The molecule has 0 aliphatic rings. The molecule has 1 atom stereocenters. The standard InChI is InChI=1S/C38H52N2O6/c1-11-14-15-32(46-31-21-18-26(37(7,8)12-2)22-29(31)38(9,10)13-3)35(42)39-27-23-30(41)34(40(43)44)33(24-27)45-28-19-16-25(17-20-28)36(4,5)6/h16-24,32,41H,11-15H2,1-10H3,(H,39,42). The average molecular weight is 633 g/mol. The Morgan fingerprint density at radius 1 is 0.870 bits per heavy atom. The molecule has 0 heterocycles. The molecule has 1 amide bonds. The molecule has 8 heteroatoms. The van der Waals surface area contributed by atoms with Gasteiger partial charge in [-0.25, -0.2) is 0 Å². The highest BCUT2D eigenvalue weighted by Crippen LogP contribution is 2.42. The Labute approximate surface area is 274 Å². The van der Waals surface area contributed by atoms with Gasteiger partial charge in [-0.2, -0.15) is 0 Å². The van der Waals surface area contributed by atoms with E-state index in [1.54, 1.807) is 12.1 Å². The van der Waals surface area contributed by atoms with E-state index < -0.39 is 28.4 Å². The molecule has 8 nitrogen and oxygen atoms in total. The fourth-order valence-electron chi connectivity index (χ4n) is 5.06. The molecule has 0 saturated carbocycles. The van der Waals surface area contributed by atoms with Crippen LogP contribution in [0.3, 0.4) is 0 Å². The van der Waals surface area contributed by atoms with Crippen molar-refractivity contribution in [3.05, 3.63) is 81.4 Å². The van der Waals surface area contributed by atoms with Gasteiger partial charge < -0.3 is 19.9 Å². The molecular weight excluding hydrogens is 580 g/mol. The third-order valence-corrected chi connectivity index (χ3v) is 9.09. The average Bonchev–Trinajstić information content (AvgIpc) is 2.98. The minimum atomic E-state index is -0.831. The van der Waals surface area contributed by atoms with E-state index in [0.717, 1.165) is 42.9 Å². The van der Waals surface area contributed by atoms with Gasteiger partial charge in [-0.15, -0.1) is 0 Å². The first kappa shape index (κ1) is 36.4. The van der Waals surface area contributed by atoms with Gasteiger partial charge in [0, 0.05) is 23.4 Å². The predicted octanol–water partition coefficient (Wildman–Crippen LogP) is 10.3. The number of unbranched alkanes of at least 4 members (excludes halogenated alkanes) is 1. The summed E-state index contributed by atoms with van der Waals surface area (Å²) in [4.78, 5) is 24.9. The summed E-state index contributed by atoms with van der Waals surface area (Å²) in [6.45, 7) is 21.4. The largest absolute Gasteiger partial charge is 0.502 e.